The average molecular weight is 102 g/mol. The third-order valence-electron chi connectivity index (χ3n) is 0.900. The van der Waals surface area contributed by atoms with Crippen LogP contribution in [0.15, 0.2) is 0 Å². The van der Waals surface area contributed by atoms with Gasteiger partial charge in [-0.25, -0.2) is 5.43 Å². The SMILES string of the molecule is CC1NNCCO1. The van der Waals surface area contributed by atoms with Gasteiger partial charge in [0.1, 0.15) is 6.23 Å². The fourth-order valence-electron chi connectivity index (χ4n) is 0.544. The first kappa shape index (κ1) is 5.03. The van der Waals surface area contributed by atoms with E-state index in [0.29, 0.717) is 0 Å². The van der Waals surface area contributed by atoms with Crippen LogP contribution in [0.4, 0.5) is 0 Å². The first-order valence-electron chi connectivity index (χ1n) is 2.49. The molecule has 1 rings (SSSR count). The van der Waals surface area contributed by atoms with E-state index in [1.165, 1.54) is 0 Å². The molecule has 3 nitrogen and oxygen atoms in total. The van der Waals surface area contributed by atoms with Crippen molar-refractivity contribution in [2.24, 2.45) is 0 Å². The van der Waals surface area contributed by atoms with Gasteiger partial charge in [-0.1, -0.05) is 0 Å². The number of rotatable bonds is 0. The largest absolute Gasteiger partial charge is 0.361 e. The molecule has 1 atom stereocenters. The maximum absolute atomic E-state index is 5.10. The summed E-state index contributed by atoms with van der Waals surface area (Å²) >= 11 is 0. The predicted octanol–water partition coefficient (Wildman–Crippen LogP) is -0.543. The standard InChI is InChI=1S/C4H10N2O/c1-4-6-5-2-3-7-4/h4-6H,2-3H2,1H3. The monoisotopic (exact) mass is 102 g/mol. The lowest BCUT2D eigenvalue weighted by Crippen LogP contribution is -2.47. The van der Waals surface area contributed by atoms with Crippen molar-refractivity contribution < 1.29 is 4.74 Å². The minimum atomic E-state index is 0.175. The maximum atomic E-state index is 5.10. The zero-order chi connectivity index (χ0) is 5.11. The van der Waals surface area contributed by atoms with E-state index < -0.39 is 0 Å². The molecule has 0 aromatic rings. The molecule has 1 saturated heterocycles. The second-order valence-corrected chi connectivity index (χ2v) is 1.58. The third-order valence-corrected chi connectivity index (χ3v) is 0.900. The summed E-state index contributed by atoms with van der Waals surface area (Å²) in [5, 5.41) is 0. The van der Waals surface area contributed by atoms with Crippen LogP contribution < -0.4 is 10.9 Å². The second kappa shape index (κ2) is 2.26. The molecule has 1 unspecified atom stereocenters. The molecule has 7 heavy (non-hydrogen) atoms. The highest BCUT2D eigenvalue weighted by Gasteiger charge is 2.03. The molecule has 0 radical (unpaired) electrons. The summed E-state index contributed by atoms with van der Waals surface area (Å²) in [5.74, 6) is 0. The van der Waals surface area contributed by atoms with Gasteiger partial charge < -0.3 is 4.74 Å². The molecular weight excluding hydrogens is 92.1 g/mol. The lowest BCUT2D eigenvalue weighted by atomic mass is 10.6. The highest BCUT2D eigenvalue weighted by atomic mass is 16.5. The van der Waals surface area contributed by atoms with Gasteiger partial charge in [-0.2, -0.15) is 0 Å². The molecule has 0 saturated carbocycles. The van der Waals surface area contributed by atoms with E-state index in [4.69, 9.17) is 4.74 Å². The maximum Gasteiger partial charge on any atom is 0.117 e. The van der Waals surface area contributed by atoms with Crippen LogP contribution in [0.2, 0.25) is 0 Å². The van der Waals surface area contributed by atoms with Gasteiger partial charge in [0, 0.05) is 6.54 Å². The normalized spacial score (nSPS) is 33.0. The van der Waals surface area contributed by atoms with Gasteiger partial charge in [-0.15, -0.1) is 0 Å². The van der Waals surface area contributed by atoms with Crippen molar-refractivity contribution in [2.45, 2.75) is 13.2 Å². The van der Waals surface area contributed by atoms with Gasteiger partial charge in [0.2, 0.25) is 0 Å². The van der Waals surface area contributed by atoms with Crippen LogP contribution >= 0.6 is 0 Å². The van der Waals surface area contributed by atoms with E-state index in [2.05, 4.69) is 10.9 Å². The van der Waals surface area contributed by atoms with E-state index in [0.717, 1.165) is 13.2 Å². The molecule has 0 aromatic carbocycles. The number of hydrogen-bond donors (Lipinski definition) is 2. The second-order valence-electron chi connectivity index (χ2n) is 1.58. The first-order chi connectivity index (χ1) is 3.39. The number of nitrogens with one attached hydrogen (secondary N) is 2. The third kappa shape index (κ3) is 1.43. The lowest BCUT2D eigenvalue weighted by molar-refractivity contribution is 0.0000686. The molecule has 2 N–H and O–H groups in total. The number of hydrogen-bond acceptors (Lipinski definition) is 3. The Hall–Kier alpha value is -0.120. The van der Waals surface area contributed by atoms with E-state index in [1.54, 1.807) is 0 Å². The quantitative estimate of drug-likeness (QED) is 0.431. The molecule has 1 heterocycles. The van der Waals surface area contributed by atoms with Crippen LogP contribution in [-0.2, 0) is 4.74 Å². The van der Waals surface area contributed by atoms with Crippen LogP contribution in [-0.4, -0.2) is 19.4 Å². The topological polar surface area (TPSA) is 33.3 Å². The van der Waals surface area contributed by atoms with Crippen molar-refractivity contribution in [2.75, 3.05) is 13.2 Å². The zero-order valence-electron chi connectivity index (χ0n) is 4.40. The van der Waals surface area contributed by atoms with Gasteiger partial charge in [-0.3, -0.25) is 5.43 Å². The van der Waals surface area contributed by atoms with Crippen LogP contribution in [0.3, 0.4) is 0 Å². The van der Waals surface area contributed by atoms with Crippen LogP contribution in [0, 0.1) is 0 Å². The number of ether oxygens (including phenoxy) is 1. The van der Waals surface area contributed by atoms with Crippen LogP contribution in [0.5, 0.6) is 0 Å². The molecule has 0 bridgehead atoms. The molecule has 42 valence electrons. The Kier molecular flexibility index (Phi) is 1.62. The molecule has 1 aliphatic rings. The predicted molar refractivity (Wildman–Crippen MR) is 26.6 cm³/mol. The van der Waals surface area contributed by atoms with Gasteiger partial charge in [0.05, 0.1) is 6.61 Å². The summed E-state index contributed by atoms with van der Waals surface area (Å²) in [6.07, 6.45) is 0.175. The minimum Gasteiger partial charge on any atom is -0.361 e. The first-order valence-corrected chi connectivity index (χ1v) is 2.49. The lowest BCUT2D eigenvalue weighted by Gasteiger charge is -2.20. The van der Waals surface area contributed by atoms with Crippen molar-refractivity contribution >= 4 is 0 Å². The van der Waals surface area contributed by atoms with Crippen molar-refractivity contribution in [3.8, 4) is 0 Å². The molecule has 1 aliphatic heterocycles. The highest BCUT2D eigenvalue weighted by Crippen LogP contribution is 1.85. The summed E-state index contributed by atoms with van der Waals surface area (Å²) in [6.45, 7) is 3.69. The minimum absolute atomic E-state index is 0.175. The fraction of sp³-hybridized carbons (Fsp3) is 1.00. The highest BCUT2D eigenvalue weighted by molar-refractivity contribution is 4.49. The molecule has 0 spiro atoms. The van der Waals surface area contributed by atoms with Crippen molar-refractivity contribution in [3.63, 3.8) is 0 Å². The Morgan fingerprint density at radius 1 is 1.71 bits per heavy atom. The van der Waals surface area contributed by atoms with Gasteiger partial charge in [-0.05, 0) is 6.92 Å². The smallest absolute Gasteiger partial charge is 0.117 e. The van der Waals surface area contributed by atoms with Crippen LogP contribution in [0.25, 0.3) is 0 Å². The van der Waals surface area contributed by atoms with E-state index in [1.807, 2.05) is 6.92 Å². The molecular formula is C4H10N2O. The Balaban J connectivity index is 2.12. The summed E-state index contributed by atoms with van der Waals surface area (Å²) in [5.41, 5.74) is 5.87. The molecule has 0 amide bonds. The Labute approximate surface area is 43.0 Å². The molecule has 0 aliphatic carbocycles. The zero-order valence-corrected chi connectivity index (χ0v) is 4.40. The summed E-state index contributed by atoms with van der Waals surface area (Å²) in [6, 6.07) is 0. The Bertz CT molecular complexity index is 51.7. The Morgan fingerprint density at radius 2 is 2.57 bits per heavy atom. The van der Waals surface area contributed by atoms with E-state index in [-0.39, 0.29) is 6.23 Å². The van der Waals surface area contributed by atoms with E-state index >= 15 is 0 Å². The summed E-state index contributed by atoms with van der Waals surface area (Å²) < 4.78 is 5.10. The average Bonchev–Trinajstić information content (AvgIpc) is 1.69. The van der Waals surface area contributed by atoms with Crippen molar-refractivity contribution in [3.05, 3.63) is 0 Å². The van der Waals surface area contributed by atoms with Crippen molar-refractivity contribution in [1.29, 1.82) is 0 Å². The fourth-order valence-corrected chi connectivity index (χ4v) is 0.544. The van der Waals surface area contributed by atoms with Gasteiger partial charge >= 0.3 is 0 Å². The Morgan fingerprint density at radius 3 is 2.86 bits per heavy atom. The van der Waals surface area contributed by atoms with Gasteiger partial charge in [0.15, 0.2) is 0 Å². The molecule has 3 heteroatoms. The summed E-state index contributed by atoms with van der Waals surface area (Å²) in [4.78, 5) is 0. The summed E-state index contributed by atoms with van der Waals surface area (Å²) in [7, 11) is 0. The van der Waals surface area contributed by atoms with Gasteiger partial charge in [0.25, 0.3) is 0 Å². The van der Waals surface area contributed by atoms with Crippen LogP contribution in [0.1, 0.15) is 6.92 Å². The molecule has 0 aromatic heterocycles. The van der Waals surface area contributed by atoms with E-state index in [9.17, 15) is 0 Å². The number of hydrazine groups is 1. The van der Waals surface area contributed by atoms with Crippen molar-refractivity contribution in [1.82, 2.24) is 10.9 Å². The molecule has 1 fully saturated rings.